The van der Waals surface area contributed by atoms with Gasteiger partial charge in [-0.1, -0.05) is 12.1 Å². The van der Waals surface area contributed by atoms with Crippen LogP contribution in [0, 0.1) is 12.8 Å². The van der Waals surface area contributed by atoms with Crippen molar-refractivity contribution in [3.8, 4) is 0 Å². The molecule has 2 amide bonds. The van der Waals surface area contributed by atoms with Gasteiger partial charge in [0.15, 0.2) is 0 Å². The summed E-state index contributed by atoms with van der Waals surface area (Å²) in [6.07, 6.45) is 6.02. The third-order valence-electron chi connectivity index (χ3n) is 6.09. The van der Waals surface area contributed by atoms with E-state index in [0.717, 1.165) is 38.5 Å². The molecule has 2 aliphatic heterocycles. The highest BCUT2D eigenvalue weighted by Gasteiger charge is 2.34. The van der Waals surface area contributed by atoms with Crippen LogP contribution < -0.4 is 10.6 Å². The van der Waals surface area contributed by atoms with Gasteiger partial charge in [0.2, 0.25) is 0 Å². The quantitative estimate of drug-likeness (QED) is 0.852. The molecule has 2 heterocycles. The number of carbonyl (C=O) groups excluding carboxylic acids is 1. The first kappa shape index (κ1) is 17.7. The molecule has 2 saturated heterocycles. The Morgan fingerprint density at radius 3 is 2.65 bits per heavy atom. The zero-order chi connectivity index (χ0) is 17.9. The van der Waals surface area contributed by atoms with E-state index in [1.807, 2.05) is 4.90 Å². The maximum atomic E-state index is 12.5. The summed E-state index contributed by atoms with van der Waals surface area (Å²) in [7, 11) is 0. The van der Waals surface area contributed by atoms with E-state index in [0.29, 0.717) is 12.0 Å². The van der Waals surface area contributed by atoms with Crippen molar-refractivity contribution in [3.05, 3.63) is 29.8 Å². The lowest BCUT2D eigenvalue weighted by Crippen LogP contribution is -2.47. The van der Waals surface area contributed by atoms with Crippen LogP contribution >= 0.6 is 0 Å². The molecular formula is C21H32N4O. The number of hydrogen-bond acceptors (Lipinski definition) is 3. The molecule has 0 radical (unpaired) electrons. The zero-order valence-electron chi connectivity index (χ0n) is 15.9. The summed E-state index contributed by atoms with van der Waals surface area (Å²) in [5.74, 6) is 0.639. The molecule has 1 saturated carbocycles. The van der Waals surface area contributed by atoms with Gasteiger partial charge in [0.25, 0.3) is 0 Å². The summed E-state index contributed by atoms with van der Waals surface area (Å²) < 4.78 is 0. The number of piperidine rings is 1. The Labute approximate surface area is 157 Å². The molecule has 1 aliphatic carbocycles. The van der Waals surface area contributed by atoms with E-state index in [1.54, 1.807) is 0 Å². The second kappa shape index (κ2) is 7.87. The molecule has 2 N–H and O–H groups in total. The van der Waals surface area contributed by atoms with Crippen LogP contribution in [-0.4, -0.2) is 60.6 Å². The lowest BCUT2D eigenvalue weighted by molar-refractivity contribution is 0.182. The number of rotatable bonds is 5. The van der Waals surface area contributed by atoms with Crippen molar-refractivity contribution >= 4 is 11.7 Å². The minimum atomic E-state index is 0.129. The van der Waals surface area contributed by atoms with Crippen LogP contribution in [0.1, 0.15) is 37.7 Å². The molecule has 1 aromatic rings. The summed E-state index contributed by atoms with van der Waals surface area (Å²) in [5.41, 5.74) is 2.47. The fraction of sp³-hybridized carbons (Fsp3) is 0.667. The van der Waals surface area contributed by atoms with Crippen LogP contribution in [0.5, 0.6) is 0 Å². The van der Waals surface area contributed by atoms with E-state index in [2.05, 4.69) is 46.7 Å². The van der Waals surface area contributed by atoms with Gasteiger partial charge in [0, 0.05) is 44.0 Å². The lowest BCUT2D eigenvalue weighted by Gasteiger charge is -2.33. The highest BCUT2D eigenvalue weighted by atomic mass is 16.2. The maximum absolute atomic E-state index is 12.5. The average Bonchev–Trinajstić information content (AvgIpc) is 3.39. The zero-order valence-corrected chi connectivity index (χ0v) is 15.9. The molecular weight excluding hydrogens is 324 g/mol. The molecule has 142 valence electrons. The van der Waals surface area contributed by atoms with E-state index in [-0.39, 0.29) is 6.03 Å². The summed E-state index contributed by atoms with van der Waals surface area (Å²) in [6, 6.07) is 9.96. The molecule has 0 spiro atoms. The molecule has 5 heteroatoms. The predicted molar refractivity (Wildman–Crippen MR) is 105 cm³/mol. The molecule has 1 atom stereocenters. The summed E-state index contributed by atoms with van der Waals surface area (Å²) in [6.45, 7) is 7.03. The molecule has 4 rings (SSSR count). The summed E-state index contributed by atoms with van der Waals surface area (Å²) in [5, 5.41) is 6.80. The van der Waals surface area contributed by atoms with Crippen molar-refractivity contribution in [1.29, 1.82) is 0 Å². The van der Waals surface area contributed by atoms with Crippen LogP contribution in [0.2, 0.25) is 0 Å². The standard InChI is InChI=1S/C21H32N4O/c1-16-3-2-4-19(13-16)23-18-8-11-24(12-9-18)21(26)22-14-17-7-10-25(15-17)20-5-6-20/h2-4,13,17-18,20,23H,5-12,14-15H2,1H3,(H,22,26). The second-order valence-corrected chi connectivity index (χ2v) is 8.34. The number of hydrogen-bond donors (Lipinski definition) is 2. The van der Waals surface area contributed by atoms with Crippen LogP contribution in [0.25, 0.3) is 0 Å². The maximum Gasteiger partial charge on any atom is 0.317 e. The van der Waals surface area contributed by atoms with E-state index < -0.39 is 0 Å². The van der Waals surface area contributed by atoms with Gasteiger partial charge < -0.3 is 20.4 Å². The van der Waals surface area contributed by atoms with Crippen molar-refractivity contribution in [3.63, 3.8) is 0 Å². The number of nitrogens with one attached hydrogen (secondary N) is 2. The molecule has 1 aromatic carbocycles. The number of nitrogens with zero attached hydrogens (tertiary/aromatic N) is 2. The Kier molecular flexibility index (Phi) is 5.34. The van der Waals surface area contributed by atoms with Crippen molar-refractivity contribution in [2.75, 3.05) is 38.0 Å². The number of urea groups is 1. The third kappa shape index (κ3) is 4.50. The van der Waals surface area contributed by atoms with Crippen molar-refractivity contribution in [2.45, 2.75) is 51.1 Å². The Morgan fingerprint density at radius 2 is 1.92 bits per heavy atom. The van der Waals surface area contributed by atoms with Crippen LogP contribution in [0.3, 0.4) is 0 Å². The van der Waals surface area contributed by atoms with E-state index in [4.69, 9.17) is 0 Å². The Balaban J connectivity index is 1.16. The van der Waals surface area contributed by atoms with Gasteiger partial charge >= 0.3 is 6.03 Å². The number of likely N-dealkylation sites (tertiary alicyclic amines) is 2. The number of anilines is 1. The average molecular weight is 357 g/mol. The van der Waals surface area contributed by atoms with Crippen molar-refractivity contribution in [2.24, 2.45) is 5.92 Å². The van der Waals surface area contributed by atoms with Crippen LogP contribution in [0.15, 0.2) is 24.3 Å². The monoisotopic (exact) mass is 356 g/mol. The minimum Gasteiger partial charge on any atom is -0.382 e. The van der Waals surface area contributed by atoms with Crippen LogP contribution in [0.4, 0.5) is 10.5 Å². The van der Waals surface area contributed by atoms with E-state index in [1.165, 1.54) is 43.6 Å². The molecule has 3 fully saturated rings. The summed E-state index contributed by atoms with van der Waals surface area (Å²) >= 11 is 0. The fourth-order valence-electron chi connectivity index (χ4n) is 4.34. The number of amides is 2. The molecule has 0 aromatic heterocycles. The van der Waals surface area contributed by atoms with E-state index >= 15 is 0 Å². The first-order valence-electron chi connectivity index (χ1n) is 10.3. The van der Waals surface area contributed by atoms with Gasteiger partial charge in [-0.3, -0.25) is 0 Å². The van der Waals surface area contributed by atoms with Gasteiger partial charge in [-0.05, 0) is 69.2 Å². The van der Waals surface area contributed by atoms with Crippen molar-refractivity contribution in [1.82, 2.24) is 15.1 Å². The molecule has 5 nitrogen and oxygen atoms in total. The van der Waals surface area contributed by atoms with Gasteiger partial charge in [0.05, 0.1) is 0 Å². The predicted octanol–water partition coefficient (Wildman–Crippen LogP) is 3.07. The fourth-order valence-corrected chi connectivity index (χ4v) is 4.34. The highest BCUT2D eigenvalue weighted by Crippen LogP contribution is 2.31. The normalized spacial score (nSPS) is 24.7. The minimum absolute atomic E-state index is 0.129. The van der Waals surface area contributed by atoms with Crippen LogP contribution in [-0.2, 0) is 0 Å². The Hall–Kier alpha value is -1.75. The number of aryl methyl sites for hydroxylation is 1. The highest BCUT2D eigenvalue weighted by molar-refractivity contribution is 5.74. The Bertz CT molecular complexity index is 622. The van der Waals surface area contributed by atoms with Gasteiger partial charge in [-0.15, -0.1) is 0 Å². The first-order chi connectivity index (χ1) is 12.7. The number of benzene rings is 1. The molecule has 0 bridgehead atoms. The van der Waals surface area contributed by atoms with Gasteiger partial charge in [0.1, 0.15) is 0 Å². The topological polar surface area (TPSA) is 47.6 Å². The van der Waals surface area contributed by atoms with Gasteiger partial charge in [-0.25, -0.2) is 4.79 Å². The third-order valence-corrected chi connectivity index (χ3v) is 6.09. The Morgan fingerprint density at radius 1 is 1.12 bits per heavy atom. The summed E-state index contributed by atoms with van der Waals surface area (Å²) in [4.78, 5) is 17.1. The molecule has 26 heavy (non-hydrogen) atoms. The SMILES string of the molecule is Cc1cccc(NC2CCN(C(=O)NCC3CCN(C4CC4)C3)CC2)c1. The second-order valence-electron chi connectivity index (χ2n) is 8.34. The van der Waals surface area contributed by atoms with E-state index in [9.17, 15) is 4.79 Å². The first-order valence-corrected chi connectivity index (χ1v) is 10.3. The lowest BCUT2D eigenvalue weighted by atomic mass is 10.0. The molecule has 1 unspecified atom stereocenters. The smallest absolute Gasteiger partial charge is 0.317 e. The molecule has 3 aliphatic rings. The van der Waals surface area contributed by atoms with Crippen molar-refractivity contribution < 1.29 is 4.79 Å². The number of carbonyl (C=O) groups is 1. The van der Waals surface area contributed by atoms with Gasteiger partial charge in [-0.2, -0.15) is 0 Å². The largest absolute Gasteiger partial charge is 0.382 e.